The molecule has 5 aliphatic rings. The molecule has 4 fully saturated rings. The molecule has 0 radical (unpaired) electrons. The maximum absolute atomic E-state index is 14.3. The van der Waals surface area contributed by atoms with Crippen molar-refractivity contribution in [2.24, 2.45) is 23.2 Å². The van der Waals surface area contributed by atoms with Gasteiger partial charge < -0.3 is 24.9 Å². The summed E-state index contributed by atoms with van der Waals surface area (Å²) in [4.78, 5) is 31.6. The van der Waals surface area contributed by atoms with Crippen molar-refractivity contribution in [2.75, 3.05) is 0 Å². The Labute approximate surface area is 267 Å². The SMILES string of the molecule is CC(C)C[C@H](NC(=O)[C@H](Cc1c[nH]c2ccccc12)NC(=O)C1CCCc2ccccc21)B1OC2C[C@@H]3C[C@@H](C3(C)C)[C@]2(C)O1. The Balaban J connectivity index is 1.14. The van der Waals surface area contributed by atoms with E-state index in [1.807, 2.05) is 36.5 Å². The molecule has 1 aliphatic heterocycles. The molecule has 2 unspecified atom stereocenters. The molecule has 2 bridgehead atoms. The largest absolute Gasteiger partial charge is 0.481 e. The van der Waals surface area contributed by atoms with E-state index in [4.69, 9.17) is 9.31 Å². The second-order valence-corrected chi connectivity index (χ2v) is 15.4. The van der Waals surface area contributed by atoms with Crippen LogP contribution in [0.25, 0.3) is 10.9 Å². The third-order valence-electron chi connectivity index (χ3n) is 11.8. The first-order chi connectivity index (χ1) is 21.5. The second kappa shape index (κ2) is 11.6. The van der Waals surface area contributed by atoms with Crippen molar-refractivity contribution >= 4 is 29.8 Å². The van der Waals surface area contributed by atoms with Gasteiger partial charge in [0.2, 0.25) is 11.8 Å². The maximum Gasteiger partial charge on any atom is 0.481 e. The van der Waals surface area contributed by atoms with Crippen molar-refractivity contribution < 1.29 is 18.9 Å². The summed E-state index contributed by atoms with van der Waals surface area (Å²) >= 11 is 0. The molecular weight excluding hydrogens is 561 g/mol. The third kappa shape index (κ3) is 5.42. The van der Waals surface area contributed by atoms with Gasteiger partial charge in [-0.15, -0.1) is 0 Å². The van der Waals surface area contributed by atoms with E-state index in [1.165, 1.54) is 12.0 Å². The number of carbonyl (C=O) groups is 2. The van der Waals surface area contributed by atoms with Crippen molar-refractivity contribution in [3.05, 3.63) is 71.4 Å². The molecule has 4 aliphatic carbocycles. The van der Waals surface area contributed by atoms with Crippen LogP contribution in [-0.4, -0.2) is 47.6 Å². The number of aromatic amines is 1. The number of benzene rings is 2. The standard InChI is InChI=1S/C37H48BN3O4/c1-22(2)17-33(38-44-32-20-25-19-31(36(25,3)4)37(32,5)45-38)41-35(43)30(18-24-21-39-29-16-9-8-14-27(24)29)40-34(42)28-15-10-12-23-11-6-7-13-26(23)28/h6-9,11,13-14,16,21-22,25,28,30-33,39H,10,12,15,17-20H2,1-5H3,(H,40,42)(H,41,43)/t25-,28?,30-,31-,32?,33-,37-/m0/s1. The lowest BCUT2D eigenvalue weighted by Gasteiger charge is -2.64. The predicted octanol–water partition coefficient (Wildman–Crippen LogP) is 6.11. The zero-order valence-corrected chi connectivity index (χ0v) is 27.4. The summed E-state index contributed by atoms with van der Waals surface area (Å²) in [7, 11) is -0.517. The quantitative estimate of drug-likeness (QED) is 0.255. The molecule has 2 amide bonds. The van der Waals surface area contributed by atoms with Gasteiger partial charge in [-0.1, -0.05) is 70.2 Å². The number of aromatic nitrogens is 1. The van der Waals surface area contributed by atoms with E-state index in [-0.39, 0.29) is 40.8 Å². The van der Waals surface area contributed by atoms with Gasteiger partial charge >= 0.3 is 7.12 Å². The van der Waals surface area contributed by atoms with Gasteiger partial charge in [0.15, 0.2) is 0 Å². The molecule has 3 saturated carbocycles. The molecule has 2 heterocycles. The summed E-state index contributed by atoms with van der Waals surface area (Å²) in [5, 5.41) is 7.62. The summed E-state index contributed by atoms with van der Waals surface area (Å²) in [6.07, 6.45) is 8.01. The van der Waals surface area contributed by atoms with Crippen molar-refractivity contribution in [1.29, 1.82) is 0 Å². The smallest absolute Gasteiger partial charge is 0.404 e. The molecule has 0 spiro atoms. The summed E-state index contributed by atoms with van der Waals surface area (Å²) in [5.74, 6) is 0.556. The van der Waals surface area contributed by atoms with Crippen LogP contribution in [0.5, 0.6) is 0 Å². The molecule has 7 nitrogen and oxygen atoms in total. The molecule has 2 aromatic carbocycles. The maximum atomic E-state index is 14.3. The second-order valence-electron chi connectivity index (χ2n) is 15.4. The number of hydrogen-bond acceptors (Lipinski definition) is 4. The Kier molecular flexibility index (Phi) is 7.88. The number of carbonyl (C=O) groups excluding carboxylic acids is 2. The summed E-state index contributed by atoms with van der Waals surface area (Å²) in [5.41, 5.74) is 4.22. The first kappa shape index (κ1) is 30.6. The minimum Gasteiger partial charge on any atom is -0.404 e. The number of H-pyrrole nitrogens is 1. The van der Waals surface area contributed by atoms with E-state index in [0.717, 1.165) is 54.1 Å². The van der Waals surface area contributed by atoms with Gasteiger partial charge in [-0.05, 0) is 91.4 Å². The molecule has 238 valence electrons. The van der Waals surface area contributed by atoms with E-state index in [0.29, 0.717) is 24.2 Å². The molecule has 3 N–H and O–H groups in total. The number of rotatable bonds is 9. The number of aryl methyl sites for hydroxylation is 1. The van der Waals surface area contributed by atoms with Crippen LogP contribution in [0, 0.1) is 23.2 Å². The average Bonchev–Trinajstić information content (AvgIpc) is 3.60. The van der Waals surface area contributed by atoms with Gasteiger partial charge in [0.05, 0.1) is 23.6 Å². The van der Waals surface area contributed by atoms with Crippen molar-refractivity contribution in [2.45, 2.75) is 109 Å². The minimum absolute atomic E-state index is 0.0407. The van der Waals surface area contributed by atoms with Crippen LogP contribution >= 0.6 is 0 Å². The van der Waals surface area contributed by atoms with Crippen LogP contribution in [-0.2, 0) is 31.7 Å². The molecule has 8 rings (SSSR count). The third-order valence-corrected chi connectivity index (χ3v) is 11.8. The topological polar surface area (TPSA) is 92.5 Å². The number of hydrogen-bond donors (Lipinski definition) is 3. The fourth-order valence-electron chi connectivity index (χ4n) is 9.13. The van der Waals surface area contributed by atoms with Gasteiger partial charge in [0, 0.05) is 23.5 Å². The molecule has 7 atom stereocenters. The zero-order valence-electron chi connectivity index (χ0n) is 27.4. The number of fused-ring (bicyclic) bond motifs is 2. The Hall–Kier alpha value is -3.10. The van der Waals surface area contributed by atoms with Crippen LogP contribution in [0.2, 0.25) is 0 Å². The highest BCUT2D eigenvalue weighted by atomic mass is 16.7. The predicted molar refractivity (Wildman–Crippen MR) is 178 cm³/mol. The van der Waals surface area contributed by atoms with Crippen LogP contribution in [0.3, 0.4) is 0 Å². The van der Waals surface area contributed by atoms with Gasteiger partial charge in [-0.3, -0.25) is 9.59 Å². The summed E-state index contributed by atoms with van der Waals surface area (Å²) in [6.45, 7) is 11.3. The van der Waals surface area contributed by atoms with Gasteiger partial charge in [0.25, 0.3) is 0 Å². The molecule has 8 heteroatoms. The fraction of sp³-hybridized carbons (Fsp3) is 0.568. The molecule has 45 heavy (non-hydrogen) atoms. The van der Waals surface area contributed by atoms with Crippen LogP contribution < -0.4 is 10.6 Å². The average molecular weight is 610 g/mol. The summed E-state index contributed by atoms with van der Waals surface area (Å²) < 4.78 is 13.5. The van der Waals surface area contributed by atoms with E-state index in [9.17, 15) is 9.59 Å². The normalized spacial score (nSPS) is 29.4. The van der Waals surface area contributed by atoms with Gasteiger partial charge in [-0.2, -0.15) is 0 Å². The molecular formula is C37H48BN3O4. The van der Waals surface area contributed by atoms with E-state index >= 15 is 0 Å². The lowest BCUT2D eigenvalue weighted by molar-refractivity contribution is -0.199. The van der Waals surface area contributed by atoms with Gasteiger partial charge in [0.1, 0.15) is 6.04 Å². The highest BCUT2D eigenvalue weighted by molar-refractivity contribution is 6.48. The Morgan fingerprint density at radius 1 is 1.04 bits per heavy atom. The monoisotopic (exact) mass is 609 g/mol. The number of amides is 2. The van der Waals surface area contributed by atoms with Crippen molar-refractivity contribution in [1.82, 2.24) is 15.6 Å². The molecule has 1 saturated heterocycles. The summed E-state index contributed by atoms with van der Waals surface area (Å²) in [6, 6.07) is 15.6. The first-order valence-electron chi connectivity index (χ1n) is 17.1. The number of para-hydroxylation sites is 1. The Morgan fingerprint density at radius 3 is 2.62 bits per heavy atom. The highest BCUT2D eigenvalue weighted by Gasteiger charge is 2.68. The minimum atomic E-state index is -0.744. The van der Waals surface area contributed by atoms with Crippen LogP contribution in [0.15, 0.2) is 54.7 Å². The molecule has 1 aromatic heterocycles. The van der Waals surface area contributed by atoms with Crippen molar-refractivity contribution in [3.63, 3.8) is 0 Å². The first-order valence-corrected chi connectivity index (χ1v) is 17.1. The number of nitrogens with one attached hydrogen (secondary N) is 3. The van der Waals surface area contributed by atoms with E-state index < -0.39 is 13.2 Å². The van der Waals surface area contributed by atoms with E-state index in [1.54, 1.807) is 0 Å². The zero-order chi connectivity index (χ0) is 31.5. The van der Waals surface area contributed by atoms with E-state index in [2.05, 4.69) is 68.4 Å². The lowest BCUT2D eigenvalue weighted by Crippen LogP contribution is -2.65. The van der Waals surface area contributed by atoms with Crippen molar-refractivity contribution in [3.8, 4) is 0 Å². The van der Waals surface area contributed by atoms with Crippen LogP contribution in [0.4, 0.5) is 0 Å². The fourth-order valence-corrected chi connectivity index (χ4v) is 9.13. The molecule has 3 aromatic rings. The Bertz CT molecular complexity index is 1580. The highest BCUT2D eigenvalue weighted by Crippen LogP contribution is 2.65. The Morgan fingerprint density at radius 2 is 1.82 bits per heavy atom. The van der Waals surface area contributed by atoms with Crippen LogP contribution in [0.1, 0.15) is 89.3 Å². The van der Waals surface area contributed by atoms with Gasteiger partial charge in [-0.25, -0.2) is 0 Å². The lowest BCUT2D eigenvalue weighted by atomic mass is 9.43.